The molecule has 1 fully saturated rings. The number of amides is 1. The van der Waals surface area contributed by atoms with Crippen molar-refractivity contribution in [3.63, 3.8) is 0 Å². The van der Waals surface area contributed by atoms with Gasteiger partial charge in [0.1, 0.15) is 0 Å². The fraction of sp³-hybridized carbons (Fsp3) is 0.391. The van der Waals surface area contributed by atoms with E-state index >= 15 is 0 Å². The number of rotatable bonds is 6. The highest BCUT2D eigenvalue weighted by molar-refractivity contribution is 5.97. The summed E-state index contributed by atoms with van der Waals surface area (Å²) in [4.78, 5) is 25.2. The minimum absolute atomic E-state index is 0.112. The highest BCUT2D eigenvalue weighted by atomic mass is 16.2. The van der Waals surface area contributed by atoms with Gasteiger partial charge in [0.15, 0.2) is 0 Å². The summed E-state index contributed by atoms with van der Waals surface area (Å²) in [5, 5.41) is 0. The Morgan fingerprint density at radius 2 is 2.11 bits per heavy atom. The number of carbonyl (C=O) groups is 1. The molecule has 1 unspecified atom stereocenters. The Morgan fingerprint density at radius 3 is 2.93 bits per heavy atom. The molecule has 1 atom stereocenters. The molecule has 2 heterocycles. The van der Waals surface area contributed by atoms with Gasteiger partial charge in [-0.25, -0.2) is 4.98 Å². The zero-order valence-electron chi connectivity index (χ0n) is 16.5. The molecule has 0 spiro atoms. The van der Waals surface area contributed by atoms with E-state index < -0.39 is 0 Å². The summed E-state index contributed by atoms with van der Waals surface area (Å²) >= 11 is 0. The molecule has 0 radical (unpaired) electrons. The van der Waals surface area contributed by atoms with Gasteiger partial charge in [-0.05, 0) is 62.5 Å². The van der Waals surface area contributed by atoms with Crippen LogP contribution in [0, 0.1) is 5.92 Å². The van der Waals surface area contributed by atoms with Gasteiger partial charge in [-0.2, -0.15) is 0 Å². The quantitative estimate of drug-likeness (QED) is 0.715. The van der Waals surface area contributed by atoms with Crippen LogP contribution in [0.15, 0.2) is 54.9 Å². The number of benzene rings is 2. The third kappa shape index (κ3) is 4.42. The molecule has 0 bridgehead atoms. The molecule has 2 aromatic carbocycles. The summed E-state index contributed by atoms with van der Waals surface area (Å²) in [6.45, 7) is 3.78. The lowest BCUT2D eigenvalue weighted by Crippen LogP contribution is -2.42. The molecule has 146 valence electrons. The molecule has 5 nitrogen and oxygen atoms in total. The maximum absolute atomic E-state index is 13.4. The number of nitrogens with one attached hydrogen (secondary N) is 1. The molecule has 1 aliphatic heterocycles. The van der Waals surface area contributed by atoms with Crippen molar-refractivity contribution in [1.29, 1.82) is 0 Å². The van der Waals surface area contributed by atoms with Gasteiger partial charge in [0.25, 0.3) is 5.91 Å². The number of aromatic amines is 1. The zero-order chi connectivity index (χ0) is 19.3. The lowest BCUT2D eigenvalue weighted by molar-refractivity contribution is 0.0693. The summed E-state index contributed by atoms with van der Waals surface area (Å²) in [6, 6.07) is 16.2. The molecule has 1 amide bonds. The number of imidazole rings is 1. The fourth-order valence-electron chi connectivity index (χ4n) is 4.17. The summed E-state index contributed by atoms with van der Waals surface area (Å²) in [6.07, 6.45) is 4.95. The van der Waals surface area contributed by atoms with E-state index in [9.17, 15) is 4.79 Å². The number of nitrogens with zero attached hydrogens (tertiary/aromatic N) is 3. The van der Waals surface area contributed by atoms with Crippen LogP contribution in [0.5, 0.6) is 0 Å². The lowest BCUT2D eigenvalue weighted by Gasteiger charge is -2.34. The Kier molecular flexibility index (Phi) is 5.72. The van der Waals surface area contributed by atoms with E-state index in [0.717, 1.165) is 49.2 Å². The van der Waals surface area contributed by atoms with Gasteiger partial charge in [-0.1, -0.05) is 30.3 Å². The topological polar surface area (TPSA) is 52.2 Å². The molecule has 1 N–H and O–H groups in total. The second-order valence-electron chi connectivity index (χ2n) is 7.89. The first-order chi connectivity index (χ1) is 13.7. The van der Waals surface area contributed by atoms with Crippen LogP contribution in [0.3, 0.4) is 0 Å². The second kappa shape index (κ2) is 8.57. The number of fused-ring (bicyclic) bond motifs is 1. The van der Waals surface area contributed by atoms with Gasteiger partial charge in [0.2, 0.25) is 0 Å². The Morgan fingerprint density at radius 1 is 1.25 bits per heavy atom. The Hall–Kier alpha value is -2.66. The number of carbonyl (C=O) groups excluding carboxylic acids is 1. The van der Waals surface area contributed by atoms with Crippen LogP contribution < -0.4 is 0 Å². The Labute approximate surface area is 166 Å². The predicted octanol–water partition coefficient (Wildman–Crippen LogP) is 3.59. The van der Waals surface area contributed by atoms with Crippen molar-refractivity contribution < 1.29 is 4.79 Å². The van der Waals surface area contributed by atoms with Gasteiger partial charge >= 0.3 is 0 Å². The highest BCUT2D eigenvalue weighted by Gasteiger charge is 2.24. The predicted molar refractivity (Wildman–Crippen MR) is 112 cm³/mol. The number of likely N-dealkylation sites (tertiary alicyclic amines) is 1. The van der Waals surface area contributed by atoms with Crippen molar-refractivity contribution in [2.45, 2.75) is 19.3 Å². The first-order valence-electron chi connectivity index (χ1n) is 10.1. The first-order valence-corrected chi connectivity index (χ1v) is 10.1. The van der Waals surface area contributed by atoms with Gasteiger partial charge in [0, 0.05) is 25.2 Å². The zero-order valence-corrected chi connectivity index (χ0v) is 16.5. The normalized spacial score (nSPS) is 17.7. The molecule has 1 aromatic heterocycles. The van der Waals surface area contributed by atoms with Crippen molar-refractivity contribution in [2.75, 3.05) is 33.2 Å². The Balaban J connectivity index is 1.52. The maximum atomic E-state index is 13.4. The maximum Gasteiger partial charge on any atom is 0.253 e. The molecule has 5 heteroatoms. The van der Waals surface area contributed by atoms with Gasteiger partial charge in [-0.15, -0.1) is 0 Å². The number of H-pyrrole nitrogens is 1. The van der Waals surface area contributed by atoms with Crippen molar-refractivity contribution in [3.8, 4) is 0 Å². The van der Waals surface area contributed by atoms with Crippen LogP contribution in [0.25, 0.3) is 11.0 Å². The number of hydrogen-bond acceptors (Lipinski definition) is 3. The van der Waals surface area contributed by atoms with Crippen LogP contribution >= 0.6 is 0 Å². The smallest absolute Gasteiger partial charge is 0.253 e. The highest BCUT2D eigenvalue weighted by Crippen LogP contribution is 2.19. The van der Waals surface area contributed by atoms with Crippen LogP contribution in [-0.2, 0) is 6.42 Å². The van der Waals surface area contributed by atoms with Crippen molar-refractivity contribution in [2.24, 2.45) is 5.92 Å². The van der Waals surface area contributed by atoms with Crippen molar-refractivity contribution in [1.82, 2.24) is 19.8 Å². The molecular formula is C23H28N4O. The summed E-state index contributed by atoms with van der Waals surface area (Å²) in [5.41, 5.74) is 3.80. The standard InChI is InChI=1S/C23H28N4O/c1-26-12-5-8-19(15-26)16-27(13-11-18-6-3-2-4-7-18)23(28)20-9-10-21-22(14-20)25-17-24-21/h2-4,6-7,9-10,14,17,19H,5,8,11-13,15-16H2,1H3,(H,24,25). The van der Waals surface area contributed by atoms with E-state index in [1.165, 1.54) is 18.4 Å². The van der Waals surface area contributed by atoms with E-state index in [-0.39, 0.29) is 5.91 Å². The molecule has 4 rings (SSSR count). The average molecular weight is 377 g/mol. The van der Waals surface area contributed by atoms with E-state index in [2.05, 4.69) is 46.2 Å². The first kappa shape index (κ1) is 18.7. The third-order valence-corrected chi connectivity index (χ3v) is 5.67. The van der Waals surface area contributed by atoms with Crippen LogP contribution in [0.2, 0.25) is 0 Å². The second-order valence-corrected chi connectivity index (χ2v) is 7.89. The molecule has 0 saturated carbocycles. The molecule has 3 aromatic rings. The molecule has 28 heavy (non-hydrogen) atoms. The minimum Gasteiger partial charge on any atom is -0.345 e. The number of piperidine rings is 1. The van der Waals surface area contributed by atoms with E-state index in [1.807, 2.05) is 29.2 Å². The summed E-state index contributed by atoms with van der Waals surface area (Å²) in [5.74, 6) is 0.648. The van der Waals surface area contributed by atoms with Crippen LogP contribution in [-0.4, -0.2) is 58.9 Å². The van der Waals surface area contributed by atoms with Crippen LogP contribution in [0.4, 0.5) is 0 Å². The van der Waals surface area contributed by atoms with Crippen LogP contribution in [0.1, 0.15) is 28.8 Å². The van der Waals surface area contributed by atoms with E-state index in [0.29, 0.717) is 5.92 Å². The molecular weight excluding hydrogens is 348 g/mol. The minimum atomic E-state index is 0.112. The van der Waals surface area contributed by atoms with Crippen molar-refractivity contribution >= 4 is 16.9 Å². The third-order valence-electron chi connectivity index (χ3n) is 5.67. The van der Waals surface area contributed by atoms with E-state index in [4.69, 9.17) is 0 Å². The number of aromatic nitrogens is 2. The van der Waals surface area contributed by atoms with Gasteiger partial charge < -0.3 is 14.8 Å². The summed E-state index contributed by atoms with van der Waals surface area (Å²) in [7, 11) is 2.18. The van der Waals surface area contributed by atoms with Gasteiger partial charge in [0.05, 0.1) is 17.4 Å². The van der Waals surface area contributed by atoms with E-state index in [1.54, 1.807) is 6.33 Å². The average Bonchev–Trinajstić information content (AvgIpc) is 3.19. The Bertz CT molecular complexity index is 921. The monoisotopic (exact) mass is 376 g/mol. The SMILES string of the molecule is CN1CCCC(CN(CCc2ccccc2)C(=O)c2ccc3nc[nH]c3c2)C1. The number of hydrogen-bond donors (Lipinski definition) is 1. The molecule has 1 saturated heterocycles. The van der Waals surface area contributed by atoms with Crippen molar-refractivity contribution in [3.05, 3.63) is 66.0 Å². The fourth-order valence-corrected chi connectivity index (χ4v) is 4.17. The largest absolute Gasteiger partial charge is 0.345 e. The summed E-state index contributed by atoms with van der Waals surface area (Å²) < 4.78 is 0. The lowest BCUT2D eigenvalue weighted by atomic mass is 9.97. The molecule has 1 aliphatic rings. The molecule has 0 aliphatic carbocycles. The van der Waals surface area contributed by atoms with Gasteiger partial charge in [-0.3, -0.25) is 4.79 Å².